The van der Waals surface area contributed by atoms with Crippen molar-refractivity contribution in [3.8, 4) is 5.75 Å². The van der Waals surface area contributed by atoms with Gasteiger partial charge in [0.15, 0.2) is 12.0 Å². The number of carbonyl (C=O) groups is 1. The molecule has 0 saturated carbocycles. The van der Waals surface area contributed by atoms with E-state index in [4.69, 9.17) is 0 Å². The van der Waals surface area contributed by atoms with Crippen molar-refractivity contribution >= 4 is 33.6 Å². The predicted octanol–water partition coefficient (Wildman–Crippen LogP) is 4.32. The number of aromatic hydroxyl groups is 1. The van der Waals surface area contributed by atoms with E-state index in [1.807, 2.05) is 0 Å². The molecular formula is C21H18N4O5S. The molecule has 0 spiro atoms. The quantitative estimate of drug-likeness (QED) is 0.0996. The number of phenolic OH excluding ortho intramolecular Hbond substituents is 1. The Kier molecular flexibility index (Phi) is 6.53. The van der Waals surface area contributed by atoms with Gasteiger partial charge in [-0.15, -0.1) is 10.2 Å². The average Bonchev–Trinajstić information content (AvgIpc) is 2.75. The third-order valence-electron chi connectivity index (χ3n) is 4.13. The van der Waals surface area contributed by atoms with Gasteiger partial charge in [-0.05, 0) is 36.8 Å². The first-order valence-electron chi connectivity index (χ1n) is 8.96. The fraction of sp³-hybridized carbons (Fsp3) is 0.0476. The van der Waals surface area contributed by atoms with E-state index in [9.17, 15) is 22.9 Å². The SMILES string of the molecule is Cc1cc(NN=C(N=Nc2ccccc2C=O)c2ccccc2)c(O)c(S(=O)(=O)O)c1. The Morgan fingerprint density at radius 2 is 1.71 bits per heavy atom. The van der Waals surface area contributed by atoms with Gasteiger partial charge >= 0.3 is 0 Å². The number of azo groups is 1. The summed E-state index contributed by atoms with van der Waals surface area (Å²) in [4.78, 5) is 10.5. The minimum absolute atomic E-state index is 0.0513. The molecule has 3 aromatic rings. The summed E-state index contributed by atoms with van der Waals surface area (Å²) in [5.41, 5.74) is 4.24. The third-order valence-corrected chi connectivity index (χ3v) is 4.99. The number of amidine groups is 1. The second-order valence-electron chi connectivity index (χ2n) is 6.42. The second kappa shape index (κ2) is 9.28. The molecule has 3 rings (SSSR count). The van der Waals surface area contributed by atoms with Crippen molar-refractivity contribution in [2.24, 2.45) is 15.3 Å². The van der Waals surface area contributed by atoms with Crippen LogP contribution in [0.4, 0.5) is 11.4 Å². The van der Waals surface area contributed by atoms with E-state index in [0.717, 1.165) is 6.07 Å². The third kappa shape index (κ3) is 5.38. The van der Waals surface area contributed by atoms with Gasteiger partial charge in [-0.25, -0.2) is 0 Å². The normalized spacial score (nSPS) is 12.1. The summed E-state index contributed by atoms with van der Waals surface area (Å²) in [5.74, 6) is -0.580. The molecule has 0 amide bonds. The lowest BCUT2D eigenvalue weighted by Gasteiger charge is -2.10. The summed E-state index contributed by atoms with van der Waals surface area (Å²) in [7, 11) is -4.64. The summed E-state index contributed by atoms with van der Waals surface area (Å²) in [6.07, 6.45) is 0.660. The van der Waals surface area contributed by atoms with Gasteiger partial charge in [-0.1, -0.05) is 42.5 Å². The number of hydrazone groups is 1. The van der Waals surface area contributed by atoms with Crippen molar-refractivity contribution in [3.63, 3.8) is 0 Å². The number of nitrogens with one attached hydrogen (secondary N) is 1. The molecule has 0 fully saturated rings. The van der Waals surface area contributed by atoms with Gasteiger partial charge in [0.25, 0.3) is 10.1 Å². The highest BCUT2D eigenvalue weighted by molar-refractivity contribution is 7.86. The van der Waals surface area contributed by atoms with E-state index in [1.165, 1.54) is 6.07 Å². The first kappa shape index (κ1) is 21.8. The van der Waals surface area contributed by atoms with Gasteiger partial charge in [0, 0.05) is 11.1 Å². The van der Waals surface area contributed by atoms with E-state index in [0.29, 0.717) is 28.7 Å². The van der Waals surface area contributed by atoms with Crippen LogP contribution >= 0.6 is 0 Å². The van der Waals surface area contributed by atoms with Crippen LogP contribution in [-0.2, 0) is 10.1 Å². The van der Waals surface area contributed by atoms with Crippen molar-refractivity contribution < 1.29 is 22.9 Å². The first-order chi connectivity index (χ1) is 14.8. The zero-order valence-corrected chi connectivity index (χ0v) is 17.1. The number of benzene rings is 3. The molecule has 158 valence electrons. The lowest BCUT2D eigenvalue weighted by molar-refractivity contribution is 0.112. The number of anilines is 1. The van der Waals surface area contributed by atoms with Crippen LogP contribution in [-0.4, -0.2) is 30.2 Å². The van der Waals surface area contributed by atoms with Crippen LogP contribution in [0.15, 0.2) is 87.0 Å². The van der Waals surface area contributed by atoms with Gasteiger partial charge in [-0.3, -0.25) is 14.8 Å². The fourth-order valence-corrected chi connectivity index (χ4v) is 3.34. The predicted molar refractivity (Wildman–Crippen MR) is 116 cm³/mol. The van der Waals surface area contributed by atoms with Crippen molar-refractivity contribution in [2.75, 3.05) is 5.43 Å². The van der Waals surface area contributed by atoms with E-state index >= 15 is 0 Å². The molecule has 31 heavy (non-hydrogen) atoms. The molecule has 0 radical (unpaired) electrons. The molecule has 0 aliphatic heterocycles. The van der Waals surface area contributed by atoms with Gasteiger partial charge in [0.1, 0.15) is 4.90 Å². The van der Waals surface area contributed by atoms with Crippen LogP contribution in [0.1, 0.15) is 21.5 Å². The van der Waals surface area contributed by atoms with Crippen molar-refractivity contribution in [1.82, 2.24) is 0 Å². The number of hydrogen-bond donors (Lipinski definition) is 3. The Hall–Kier alpha value is -3.89. The zero-order chi connectivity index (χ0) is 22.4. The second-order valence-corrected chi connectivity index (χ2v) is 7.81. The average molecular weight is 438 g/mol. The lowest BCUT2D eigenvalue weighted by atomic mass is 10.2. The molecule has 0 bridgehead atoms. The van der Waals surface area contributed by atoms with Gasteiger partial charge in [0.2, 0.25) is 5.84 Å². The number of aldehydes is 1. The van der Waals surface area contributed by atoms with Crippen LogP contribution in [0, 0.1) is 6.92 Å². The van der Waals surface area contributed by atoms with E-state index in [-0.39, 0.29) is 11.5 Å². The monoisotopic (exact) mass is 438 g/mol. The smallest absolute Gasteiger partial charge is 0.298 e. The molecule has 10 heteroatoms. The Labute approximate surface area is 178 Å². The Morgan fingerprint density at radius 1 is 1.03 bits per heavy atom. The summed E-state index contributed by atoms with van der Waals surface area (Å²) >= 11 is 0. The number of aryl methyl sites for hydroxylation is 1. The number of phenols is 1. The largest absolute Gasteiger partial charge is 0.504 e. The van der Waals surface area contributed by atoms with Crippen molar-refractivity contribution in [3.05, 3.63) is 83.4 Å². The van der Waals surface area contributed by atoms with Crippen LogP contribution in [0.5, 0.6) is 5.75 Å². The van der Waals surface area contributed by atoms with Gasteiger partial charge in [-0.2, -0.15) is 13.5 Å². The number of nitrogens with zero attached hydrogens (tertiary/aromatic N) is 3. The number of carbonyl (C=O) groups excluding carboxylic acids is 1. The number of hydrogen-bond acceptors (Lipinski definition) is 7. The fourth-order valence-electron chi connectivity index (χ4n) is 2.65. The summed E-state index contributed by atoms with van der Waals surface area (Å²) in [6, 6.07) is 18.0. The van der Waals surface area contributed by atoms with Gasteiger partial charge < -0.3 is 5.11 Å². The number of rotatable bonds is 6. The molecule has 3 aromatic carbocycles. The Bertz CT molecular complexity index is 1270. The van der Waals surface area contributed by atoms with Crippen LogP contribution in [0.2, 0.25) is 0 Å². The van der Waals surface area contributed by atoms with E-state index < -0.39 is 20.8 Å². The maximum atomic E-state index is 11.5. The maximum Gasteiger partial charge on any atom is 0.298 e. The lowest BCUT2D eigenvalue weighted by Crippen LogP contribution is -2.04. The molecule has 0 aliphatic rings. The van der Waals surface area contributed by atoms with Crippen molar-refractivity contribution in [2.45, 2.75) is 11.8 Å². The molecule has 9 nitrogen and oxygen atoms in total. The molecule has 0 saturated heterocycles. The molecule has 0 atom stereocenters. The van der Waals surface area contributed by atoms with E-state index in [2.05, 4.69) is 20.8 Å². The summed E-state index contributed by atoms with van der Waals surface area (Å²) in [6.45, 7) is 1.59. The molecule has 0 aromatic heterocycles. The van der Waals surface area contributed by atoms with Crippen LogP contribution in [0.25, 0.3) is 0 Å². The van der Waals surface area contributed by atoms with Crippen LogP contribution < -0.4 is 5.43 Å². The molecule has 0 aliphatic carbocycles. The standard InChI is InChI=1S/C21H18N4O5S/c1-14-11-18(20(27)19(12-14)31(28,29)30)23-25-21(15-7-3-2-4-8-15)24-22-17-10-6-5-9-16(17)13-26/h2-13,23,27H,1H3,(H,28,29,30). The highest BCUT2D eigenvalue weighted by atomic mass is 32.2. The zero-order valence-electron chi connectivity index (χ0n) is 16.3. The molecule has 0 heterocycles. The summed E-state index contributed by atoms with van der Waals surface area (Å²) < 4.78 is 32.3. The van der Waals surface area contributed by atoms with E-state index in [1.54, 1.807) is 61.5 Å². The maximum absolute atomic E-state index is 11.5. The Balaban J connectivity index is 2.03. The highest BCUT2D eigenvalue weighted by Gasteiger charge is 2.19. The molecule has 0 unspecified atom stereocenters. The van der Waals surface area contributed by atoms with Crippen LogP contribution in [0.3, 0.4) is 0 Å². The summed E-state index contributed by atoms with van der Waals surface area (Å²) in [5, 5.41) is 22.6. The minimum Gasteiger partial charge on any atom is -0.504 e. The molecular weight excluding hydrogens is 420 g/mol. The van der Waals surface area contributed by atoms with Crippen molar-refractivity contribution in [1.29, 1.82) is 0 Å². The topological polar surface area (TPSA) is 141 Å². The Morgan fingerprint density at radius 3 is 2.39 bits per heavy atom. The molecule has 3 N–H and O–H groups in total. The van der Waals surface area contributed by atoms with Gasteiger partial charge in [0.05, 0.1) is 11.4 Å². The highest BCUT2D eigenvalue weighted by Crippen LogP contribution is 2.32. The minimum atomic E-state index is -4.64. The first-order valence-corrected chi connectivity index (χ1v) is 10.4.